The molecule has 0 aromatic carbocycles. The number of hydrogen-bond donors (Lipinski definition) is 1. The molecule has 1 amide bonds. The van der Waals surface area contributed by atoms with Gasteiger partial charge in [-0.25, -0.2) is 13.2 Å². The third-order valence-electron chi connectivity index (χ3n) is 1.41. The number of aromatic nitrogens is 1. The molecule has 0 saturated heterocycles. The van der Waals surface area contributed by atoms with Crippen LogP contribution < -0.4 is 5.73 Å². The van der Waals surface area contributed by atoms with Crippen LogP contribution in [0.15, 0.2) is 12.4 Å². The van der Waals surface area contributed by atoms with Crippen molar-refractivity contribution in [3.8, 4) is 0 Å². The number of carbonyl (C=O) groups excluding carboxylic acids is 1. The van der Waals surface area contributed by atoms with E-state index in [1.165, 1.54) is 0 Å². The van der Waals surface area contributed by atoms with Crippen LogP contribution in [-0.2, 0) is 0 Å². The maximum Gasteiger partial charge on any atom is 0.268 e. The van der Waals surface area contributed by atoms with Gasteiger partial charge in [0.25, 0.3) is 12.3 Å². The van der Waals surface area contributed by atoms with E-state index in [9.17, 15) is 18.0 Å². The Morgan fingerprint density at radius 3 is 2.54 bits per heavy atom. The van der Waals surface area contributed by atoms with Crippen LogP contribution in [0.4, 0.5) is 13.2 Å². The molecule has 3 nitrogen and oxygen atoms in total. The SMILES string of the molecule is NC(=O)c1cncc(C(F)F)c1F. The number of pyridine rings is 1. The van der Waals surface area contributed by atoms with Crippen LogP contribution in [0.3, 0.4) is 0 Å². The molecule has 0 bridgehead atoms. The molecule has 0 aliphatic heterocycles. The second kappa shape index (κ2) is 3.42. The fraction of sp³-hybridized carbons (Fsp3) is 0.143. The molecule has 1 heterocycles. The summed E-state index contributed by atoms with van der Waals surface area (Å²) in [4.78, 5) is 13.8. The Balaban J connectivity index is 3.26. The highest BCUT2D eigenvalue weighted by atomic mass is 19.3. The van der Waals surface area contributed by atoms with Crippen LogP contribution in [0.25, 0.3) is 0 Å². The summed E-state index contributed by atoms with van der Waals surface area (Å²) in [6.07, 6.45) is -1.54. The summed E-state index contributed by atoms with van der Waals surface area (Å²) >= 11 is 0. The molecule has 0 aliphatic carbocycles. The first-order valence-electron chi connectivity index (χ1n) is 3.25. The lowest BCUT2D eigenvalue weighted by molar-refractivity contribution is 0.0994. The maximum absolute atomic E-state index is 13.0. The highest BCUT2D eigenvalue weighted by molar-refractivity contribution is 5.92. The summed E-state index contributed by atoms with van der Waals surface area (Å²) in [6.45, 7) is 0. The van der Waals surface area contributed by atoms with E-state index < -0.39 is 29.3 Å². The summed E-state index contributed by atoms with van der Waals surface area (Å²) in [5, 5.41) is 0. The summed E-state index contributed by atoms with van der Waals surface area (Å²) in [5.74, 6) is -2.43. The van der Waals surface area contributed by atoms with Crippen LogP contribution in [-0.4, -0.2) is 10.9 Å². The van der Waals surface area contributed by atoms with E-state index in [-0.39, 0.29) is 0 Å². The van der Waals surface area contributed by atoms with E-state index in [0.29, 0.717) is 6.20 Å². The van der Waals surface area contributed by atoms with E-state index in [1.807, 2.05) is 0 Å². The quantitative estimate of drug-likeness (QED) is 0.763. The van der Waals surface area contributed by atoms with Gasteiger partial charge >= 0.3 is 0 Å². The number of amides is 1. The highest BCUT2D eigenvalue weighted by Crippen LogP contribution is 2.22. The summed E-state index contributed by atoms with van der Waals surface area (Å²) in [6, 6.07) is 0. The van der Waals surface area contributed by atoms with Gasteiger partial charge < -0.3 is 5.73 Å². The first kappa shape index (κ1) is 9.50. The standard InChI is InChI=1S/C7H5F3N2O/c8-5-3(6(9)10)1-12-2-4(5)7(11)13/h1-2,6H,(H2,11,13). The van der Waals surface area contributed by atoms with Crippen molar-refractivity contribution >= 4 is 5.91 Å². The molecule has 0 fully saturated rings. The molecule has 70 valence electrons. The lowest BCUT2D eigenvalue weighted by atomic mass is 10.2. The molecule has 1 aromatic heterocycles. The van der Waals surface area contributed by atoms with Gasteiger partial charge in [0.2, 0.25) is 0 Å². The van der Waals surface area contributed by atoms with Gasteiger partial charge in [0, 0.05) is 12.4 Å². The Hall–Kier alpha value is -1.59. The van der Waals surface area contributed by atoms with E-state index in [4.69, 9.17) is 5.73 Å². The van der Waals surface area contributed by atoms with Crippen LogP contribution in [0.5, 0.6) is 0 Å². The van der Waals surface area contributed by atoms with Gasteiger partial charge in [-0.3, -0.25) is 9.78 Å². The van der Waals surface area contributed by atoms with Gasteiger partial charge in [-0.2, -0.15) is 0 Å². The fourth-order valence-electron chi connectivity index (χ4n) is 0.785. The average molecular weight is 190 g/mol. The normalized spacial score (nSPS) is 10.5. The van der Waals surface area contributed by atoms with Gasteiger partial charge in [0.05, 0.1) is 11.1 Å². The molecular formula is C7H5F3N2O. The number of hydrogen-bond acceptors (Lipinski definition) is 2. The van der Waals surface area contributed by atoms with Crippen LogP contribution in [0.2, 0.25) is 0 Å². The molecule has 0 unspecified atom stereocenters. The summed E-state index contributed by atoms with van der Waals surface area (Å²) < 4.78 is 37.0. The molecule has 13 heavy (non-hydrogen) atoms. The monoisotopic (exact) mass is 190 g/mol. The lowest BCUT2D eigenvalue weighted by Crippen LogP contribution is -2.14. The third-order valence-corrected chi connectivity index (χ3v) is 1.41. The Bertz CT molecular complexity index is 341. The van der Waals surface area contributed by atoms with E-state index >= 15 is 0 Å². The number of primary amides is 1. The zero-order valence-electron chi connectivity index (χ0n) is 6.30. The number of halogens is 3. The van der Waals surface area contributed by atoms with Gasteiger partial charge in [-0.15, -0.1) is 0 Å². The molecule has 0 saturated carbocycles. The molecule has 0 radical (unpaired) electrons. The molecule has 1 rings (SSSR count). The van der Waals surface area contributed by atoms with Crippen molar-refractivity contribution in [1.29, 1.82) is 0 Å². The topological polar surface area (TPSA) is 56.0 Å². The van der Waals surface area contributed by atoms with Crippen molar-refractivity contribution in [1.82, 2.24) is 4.98 Å². The molecule has 0 atom stereocenters. The van der Waals surface area contributed by atoms with Crippen molar-refractivity contribution < 1.29 is 18.0 Å². The zero-order valence-corrected chi connectivity index (χ0v) is 6.30. The number of nitrogens with zero attached hydrogens (tertiary/aromatic N) is 1. The number of alkyl halides is 2. The molecule has 1 aromatic rings. The van der Waals surface area contributed by atoms with Gasteiger partial charge in [-0.1, -0.05) is 0 Å². The smallest absolute Gasteiger partial charge is 0.268 e. The van der Waals surface area contributed by atoms with Gasteiger partial charge in [0.15, 0.2) is 0 Å². The largest absolute Gasteiger partial charge is 0.365 e. The number of rotatable bonds is 2. The second-order valence-corrected chi connectivity index (χ2v) is 2.26. The Kier molecular flexibility index (Phi) is 2.50. The minimum absolute atomic E-state index is 0.627. The van der Waals surface area contributed by atoms with Crippen molar-refractivity contribution in [3.63, 3.8) is 0 Å². The first-order chi connectivity index (χ1) is 6.04. The molecule has 0 spiro atoms. The summed E-state index contributed by atoms with van der Waals surface area (Å²) in [5.41, 5.74) is 3.17. The van der Waals surface area contributed by atoms with E-state index in [2.05, 4.69) is 4.98 Å². The predicted molar refractivity (Wildman–Crippen MR) is 37.7 cm³/mol. The molecular weight excluding hydrogens is 185 g/mol. The summed E-state index contributed by atoms with van der Waals surface area (Å²) in [7, 11) is 0. The number of nitrogens with two attached hydrogens (primary N) is 1. The minimum Gasteiger partial charge on any atom is -0.365 e. The molecule has 2 N–H and O–H groups in total. The minimum atomic E-state index is -3.01. The number of carbonyl (C=O) groups is 1. The van der Waals surface area contributed by atoms with Crippen molar-refractivity contribution in [2.75, 3.05) is 0 Å². The van der Waals surface area contributed by atoms with Gasteiger partial charge in [0.1, 0.15) is 5.82 Å². The fourth-order valence-corrected chi connectivity index (χ4v) is 0.785. The molecule has 6 heteroatoms. The molecule has 0 aliphatic rings. The van der Waals surface area contributed by atoms with Gasteiger partial charge in [-0.05, 0) is 0 Å². The predicted octanol–water partition coefficient (Wildman–Crippen LogP) is 1.26. The van der Waals surface area contributed by atoms with Crippen molar-refractivity contribution in [2.45, 2.75) is 6.43 Å². The highest BCUT2D eigenvalue weighted by Gasteiger charge is 2.19. The zero-order chi connectivity index (χ0) is 10.0. The van der Waals surface area contributed by atoms with Crippen molar-refractivity contribution in [3.05, 3.63) is 29.3 Å². The first-order valence-corrected chi connectivity index (χ1v) is 3.25. The van der Waals surface area contributed by atoms with E-state index in [0.717, 1.165) is 6.20 Å². The second-order valence-electron chi connectivity index (χ2n) is 2.26. The van der Waals surface area contributed by atoms with Crippen molar-refractivity contribution in [2.24, 2.45) is 5.73 Å². The van der Waals surface area contributed by atoms with Crippen LogP contribution in [0.1, 0.15) is 22.3 Å². The lowest BCUT2D eigenvalue weighted by Gasteiger charge is -2.03. The average Bonchev–Trinajstić information content (AvgIpc) is 2.03. The van der Waals surface area contributed by atoms with Crippen LogP contribution >= 0.6 is 0 Å². The van der Waals surface area contributed by atoms with E-state index in [1.54, 1.807) is 0 Å². The Labute approximate surface area is 71.4 Å². The Morgan fingerprint density at radius 2 is 2.08 bits per heavy atom. The Morgan fingerprint density at radius 1 is 1.46 bits per heavy atom. The third kappa shape index (κ3) is 1.77. The maximum atomic E-state index is 13.0. The van der Waals surface area contributed by atoms with Crippen LogP contribution in [0, 0.1) is 5.82 Å².